The van der Waals surface area contributed by atoms with Gasteiger partial charge in [-0.15, -0.1) is 0 Å². The molecule has 0 atom stereocenters. The van der Waals surface area contributed by atoms with E-state index in [1.165, 1.54) is 4.31 Å². The molecule has 0 heterocycles. The van der Waals surface area contributed by atoms with Crippen LogP contribution < -0.4 is 5.73 Å². The molecule has 3 N–H and O–H groups in total. The monoisotopic (exact) mass is 286 g/mol. The number of aliphatic hydroxyl groups excluding tert-OH is 1. The van der Waals surface area contributed by atoms with Crippen molar-refractivity contribution in [2.24, 2.45) is 0 Å². The number of hydrogen-bond acceptors (Lipinski definition) is 4. The lowest BCUT2D eigenvalue weighted by molar-refractivity contribution is 0.236. The Morgan fingerprint density at radius 3 is 2.37 bits per heavy atom. The van der Waals surface area contributed by atoms with Crippen molar-refractivity contribution < 1.29 is 13.5 Å². The number of sulfonamides is 1. The molecule has 1 aromatic carbocycles. The van der Waals surface area contributed by atoms with Crippen molar-refractivity contribution in [3.05, 3.63) is 23.3 Å². The molecule has 0 fully saturated rings. The van der Waals surface area contributed by atoms with Crippen LogP contribution in [-0.4, -0.2) is 37.0 Å². The van der Waals surface area contributed by atoms with Crippen LogP contribution in [0.4, 0.5) is 5.69 Å². The van der Waals surface area contributed by atoms with E-state index in [4.69, 9.17) is 10.8 Å². The molecule has 19 heavy (non-hydrogen) atoms. The smallest absolute Gasteiger partial charge is 0.245 e. The van der Waals surface area contributed by atoms with Gasteiger partial charge in [-0.3, -0.25) is 0 Å². The summed E-state index contributed by atoms with van der Waals surface area (Å²) in [6.45, 7) is 6.98. The van der Waals surface area contributed by atoms with Crippen molar-refractivity contribution in [2.45, 2.75) is 38.6 Å². The summed E-state index contributed by atoms with van der Waals surface area (Å²) < 4.78 is 26.7. The van der Waals surface area contributed by atoms with Gasteiger partial charge in [0.1, 0.15) is 4.90 Å². The number of aliphatic hydroxyl groups is 1. The topological polar surface area (TPSA) is 83.6 Å². The average Bonchev–Trinajstić information content (AvgIpc) is 2.30. The van der Waals surface area contributed by atoms with Gasteiger partial charge in [0.25, 0.3) is 0 Å². The fourth-order valence-corrected chi connectivity index (χ4v) is 4.05. The van der Waals surface area contributed by atoms with Crippen LogP contribution in [0.3, 0.4) is 0 Å². The molecule has 0 bridgehead atoms. The van der Waals surface area contributed by atoms with Crippen molar-refractivity contribution in [2.75, 3.05) is 18.9 Å². The van der Waals surface area contributed by atoms with Crippen LogP contribution in [0.15, 0.2) is 17.0 Å². The number of benzene rings is 1. The molecule has 0 saturated heterocycles. The quantitative estimate of drug-likeness (QED) is 0.799. The minimum Gasteiger partial charge on any atom is -0.398 e. The number of anilines is 1. The molecule has 0 aliphatic rings. The fourth-order valence-electron chi connectivity index (χ4n) is 2.03. The first-order chi connectivity index (χ1) is 8.73. The molecule has 1 rings (SSSR count). The first kappa shape index (κ1) is 15.9. The molecule has 0 spiro atoms. The van der Waals surface area contributed by atoms with Gasteiger partial charge in [-0.1, -0.05) is 6.07 Å². The van der Waals surface area contributed by atoms with Crippen LogP contribution in [-0.2, 0) is 10.0 Å². The number of nitrogen functional groups attached to an aromatic ring is 1. The molecule has 1 aromatic rings. The highest BCUT2D eigenvalue weighted by Gasteiger charge is 2.30. The van der Waals surface area contributed by atoms with Crippen molar-refractivity contribution in [1.29, 1.82) is 0 Å². The van der Waals surface area contributed by atoms with E-state index in [9.17, 15) is 8.42 Å². The number of nitrogens with two attached hydrogens (primary N) is 1. The lowest BCUT2D eigenvalue weighted by atomic mass is 10.1. The van der Waals surface area contributed by atoms with Crippen LogP contribution >= 0.6 is 0 Å². The Balaban J connectivity index is 3.46. The standard InChI is InChI=1S/C13H22N2O3S/c1-9(2)15(7-8-16)19(17,18)13-11(4)10(3)5-6-12(13)14/h5-6,9,16H,7-8,14H2,1-4H3. The zero-order valence-electron chi connectivity index (χ0n) is 11.8. The lowest BCUT2D eigenvalue weighted by Gasteiger charge is -2.27. The van der Waals surface area contributed by atoms with E-state index in [1.807, 2.05) is 6.92 Å². The lowest BCUT2D eigenvalue weighted by Crippen LogP contribution is -2.39. The van der Waals surface area contributed by atoms with Gasteiger partial charge in [0.2, 0.25) is 10.0 Å². The second kappa shape index (κ2) is 5.90. The summed E-state index contributed by atoms with van der Waals surface area (Å²) in [5, 5.41) is 9.05. The predicted molar refractivity (Wildman–Crippen MR) is 76.4 cm³/mol. The molecule has 0 aromatic heterocycles. The van der Waals surface area contributed by atoms with Gasteiger partial charge in [0.15, 0.2) is 0 Å². The van der Waals surface area contributed by atoms with E-state index >= 15 is 0 Å². The van der Waals surface area contributed by atoms with Crippen molar-refractivity contribution in [3.63, 3.8) is 0 Å². The molecule has 0 radical (unpaired) electrons. The van der Waals surface area contributed by atoms with Gasteiger partial charge in [0.05, 0.1) is 12.3 Å². The molecular formula is C13H22N2O3S. The Hall–Kier alpha value is -1.11. The highest BCUT2D eigenvalue weighted by molar-refractivity contribution is 7.89. The van der Waals surface area contributed by atoms with Gasteiger partial charge >= 0.3 is 0 Å². The van der Waals surface area contributed by atoms with Crippen molar-refractivity contribution in [3.8, 4) is 0 Å². The first-order valence-electron chi connectivity index (χ1n) is 6.21. The van der Waals surface area contributed by atoms with Crippen molar-refractivity contribution in [1.82, 2.24) is 4.31 Å². The second-order valence-electron chi connectivity index (χ2n) is 4.86. The summed E-state index contributed by atoms with van der Waals surface area (Å²) in [5.41, 5.74) is 7.62. The third kappa shape index (κ3) is 3.08. The molecule has 0 aliphatic carbocycles. The zero-order valence-corrected chi connectivity index (χ0v) is 12.7. The van der Waals surface area contributed by atoms with Crippen LogP contribution in [0.5, 0.6) is 0 Å². The summed E-state index contributed by atoms with van der Waals surface area (Å²) in [4.78, 5) is 0.148. The van der Waals surface area contributed by atoms with Crippen molar-refractivity contribution >= 4 is 15.7 Å². The Kier molecular flexibility index (Phi) is 4.95. The van der Waals surface area contributed by atoms with E-state index in [2.05, 4.69) is 0 Å². The van der Waals surface area contributed by atoms with E-state index in [0.717, 1.165) is 5.56 Å². The Labute approximate surface area is 115 Å². The maximum absolute atomic E-state index is 12.7. The summed E-state index contributed by atoms with van der Waals surface area (Å²) >= 11 is 0. The molecule has 5 nitrogen and oxygen atoms in total. The third-order valence-electron chi connectivity index (χ3n) is 3.17. The number of rotatable bonds is 5. The van der Waals surface area contributed by atoms with Gasteiger partial charge in [0, 0.05) is 12.6 Å². The van der Waals surface area contributed by atoms with Gasteiger partial charge in [-0.25, -0.2) is 8.42 Å². The predicted octanol–water partition coefficient (Wildman–Crippen LogP) is 1.28. The number of aryl methyl sites for hydroxylation is 1. The van der Waals surface area contributed by atoms with Crippen LogP contribution in [0, 0.1) is 13.8 Å². The summed E-state index contributed by atoms with van der Waals surface area (Å²) in [5.74, 6) is 0. The molecule has 6 heteroatoms. The van der Waals surface area contributed by atoms with Gasteiger partial charge in [-0.2, -0.15) is 4.31 Å². The summed E-state index contributed by atoms with van der Waals surface area (Å²) in [6, 6.07) is 3.17. The zero-order chi connectivity index (χ0) is 14.8. The van der Waals surface area contributed by atoms with Gasteiger partial charge in [-0.05, 0) is 44.9 Å². The molecular weight excluding hydrogens is 264 g/mol. The third-order valence-corrected chi connectivity index (χ3v) is 5.45. The first-order valence-corrected chi connectivity index (χ1v) is 7.65. The minimum atomic E-state index is -3.70. The summed E-state index contributed by atoms with van der Waals surface area (Å²) in [6.07, 6.45) is 0. The van der Waals surface area contributed by atoms with Gasteiger partial charge < -0.3 is 10.8 Å². The van der Waals surface area contributed by atoms with E-state index in [0.29, 0.717) is 5.56 Å². The maximum Gasteiger partial charge on any atom is 0.245 e. The Morgan fingerprint density at radius 1 is 1.32 bits per heavy atom. The van der Waals surface area contributed by atoms with Crippen LogP contribution in [0.25, 0.3) is 0 Å². The number of hydrogen-bond donors (Lipinski definition) is 2. The van der Waals surface area contributed by atoms with E-state index in [1.54, 1.807) is 32.9 Å². The fraction of sp³-hybridized carbons (Fsp3) is 0.538. The van der Waals surface area contributed by atoms with E-state index in [-0.39, 0.29) is 29.8 Å². The van der Waals surface area contributed by atoms with E-state index < -0.39 is 10.0 Å². The molecule has 0 unspecified atom stereocenters. The highest BCUT2D eigenvalue weighted by Crippen LogP contribution is 2.29. The average molecular weight is 286 g/mol. The Bertz CT molecular complexity index is 553. The number of nitrogens with zero attached hydrogens (tertiary/aromatic N) is 1. The summed E-state index contributed by atoms with van der Waals surface area (Å²) in [7, 11) is -3.70. The minimum absolute atomic E-state index is 0.0623. The maximum atomic E-state index is 12.7. The normalized spacial score (nSPS) is 12.4. The highest BCUT2D eigenvalue weighted by atomic mass is 32.2. The molecule has 108 valence electrons. The molecule has 0 aliphatic heterocycles. The molecule has 0 saturated carbocycles. The second-order valence-corrected chi connectivity index (χ2v) is 6.69. The van der Waals surface area contributed by atoms with Crippen LogP contribution in [0.2, 0.25) is 0 Å². The Morgan fingerprint density at radius 2 is 1.89 bits per heavy atom. The molecule has 0 amide bonds. The SMILES string of the molecule is Cc1ccc(N)c(S(=O)(=O)N(CCO)C(C)C)c1C. The largest absolute Gasteiger partial charge is 0.398 e. The van der Waals surface area contributed by atoms with Crippen LogP contribution in [0.1, 0.15) is 25.0 Å².